The third-order valence-corrected chi connectivity index (χ3v) is 6.02. The fourth-order valence-electron chi connectivity index (χ4n) is 3.30. The van der Waals surface area contributed by atoms with Crippen LogP contribution in [0.5, 0.6) is 0 Å². The molecule has 0 saturated heterocycles. The number of nitrogens with zero attached hydrogens (tertiary/aromatic N) is 3. The second-order valence-electron chi connectivity index (χ2n) is 7.83. The summed E-state index contributed by atoms with van der Waals surface area (Å²) in [5, 5.41) is 9.34. The lowest BCUT2D eigenvalue weighted by atomic mass is 10.0. The number of amides is 1. The molecule has 1 amide bonds. The lowest BCUT2D eigenvalue weighted by Crippen LogP contribution is -2.23. The number of halogens is 3. The van der Waals surface area contributed by atoms with Crippen LogP contribution in [0.1, 0.15) is 30.9 Å². The number of benzene rings is 2. The Morgan fingerprint density at radius 1 is 1.18 bits per heavy atom. The molecule has 11 heteroatoms. The topological polar surface area (TPSA) is 92.7 Å². The number of fused-ring (bicyclic) bond motifs is 1. The smallest absolute Gasteiger partial charge is 0.325 e. The Kier molecular flexibility index (Phi) is 6.47. The van der Waals surface area contributed by atoms with Crippen LogP contribution >= 0.6 is 11.8 Å². The van der Waals surface area contributed by atoms with Gasteiger partial charge in [-0.3, -0.25) is 19.3 Å². The number of carbonyl (C=O) groups is 1. The van der Waals surface area contributed by atoms with Crippen molar-refractivity contribution in [3.8, 4) is 5.69 Å². The van der Waals surface area contributed by atoms with E-state index in [1.807, 2.05) is 12.1 Å². The molecular weight excluding hydrogens is 467 g/mol. The predicted molar refractivity (Wildman–Crippen MR) is 124 cm³/mol. The van der Waals surface area contributed by atoms with Crippen LogP contribution in [0.15, 0.2) is 64.7 Å². The molecule has 7 nitrogen and oxygen atoms in total. The van der Waals surface area contributed by atoms with E-state index in [1.54, 1.807) is 12.1 Å². The molecule has 0 aliphatic rings. The molecular formula is C23H20F3N5O2S. The molecule has 0 saturated carbocycles. The van der Waals surface area contributed by atoms with Crippen LogP contribution in [0.25, 0.3) is 16.7 Å². The van der Waals surface area contributed by atoms with E-state index in [-0.39, 0.29) is 33.5 Å². The highest BCUT2D eigenvalue weighted by Gasteiger charge is 2.31. The second kappa shape index (κ2) is 9.34. The van der Waals surface area contributed by atoms with E-state index >= 15 is 0 Å². The van der Waals surface area contributed by atoms with Crippen molar-refractivity contribution in [1.82, 2.24) is 19.7 Å². The van der Waals surface area contributed by atoms with E-state index in [9.17, 15) is 22.8 Å². The van der Waals surface area contributed by atoms with Gasteiger partial charge in [-0.2, -0.15) is 18.3 Å². The van der Waals surface area contributed by atoms with Crippen LogP contribution in [-0.4, -0.2) is 31.4 Å². The average Bonchev–Trinajstić information content (AvgIpc) is 3.27. The van der Waals surface area contributed by atoms with Gasteiger partial charge in [0.2, 0.25) is 5.91 Å². The van der Waals surface area contributed by atoms with E-state index in [0.29, 0.717) is 11.6 Å². The van der Waals surface area contributed by atoms with Gasteiger partial charge in [0.1, 0.15) is 5.39 Å². The Morgan fingerprint density at radius 2 is 1.91 bits per heavy atom. The molecule has 0 atom stereocenters. The van der Waals surface area contributed by atoms with Gasteiger partial charge in [0, 0.05) is 5.69 Å². The Morgan fingerprint density at radius 3 is 2.59 bits per heavy atom. The van der Waals surface area contributed by atoms with Crippen molar-refractivity contribution in [1.29, 1.82) is 0 Å². The number of carbonyl (C=O) groups excluding carboxylic acids is 1. The standard InChI is InChI=1S/C23H20F3N5O2S/c1-13(2)14-6-8-16(9-7-14)28-19(32)12-34-22-29-20-18(11-27-30-20)21(33)31(22)17-5-3-4-15(10-17)23(24,25)26/h3-11,13H,12H2,1-2H3,(H,27,30)(H,28,32). The molecule has 2 aromatic heterocycles. The molecule has 34 heavy (non-hydrogen) atoms. The lowest BCUT2D eigenvalue weighted by molar-refractivity contribution is -0.137. The number of alkyl halides is 3. The summed E-state index contributed by atoms with van der Waals surface area (Å²) in [5.41, 5.74) is 0.424. The number of aromatic amines is 1. The summed E-state index contributed by atoms with van der Waals surface area (Å²) in [7, 11) is 0. The molecule has 2 aromatic carbocycles. The third-order valence-electron chi connectivity index (χ3n) is 5.08. The SMILES string of the molecule is CC(C)c1ccc(NC(=O)CSc2nc3[nH]ncc3c(=O)n2-c2cccc(C(F)(F)F)c2)cc1. The molecule has 4 aromatic rings. The monoisotopic (exact) mass is 487 g/mol. The fourth-order valence-corrected chi connectivity index (χ4v) is 4.10. The Balaban J connectivity index is 1.62. The van der Waals surface area contributed by atoms with E-state index in [2.05, 4.69) is 34.3 Å². The van der Waals surface area contributed by atoms with Crippen LogP contribution in [0, 0.1) is 0 Å². The summed E-state index contributed by atoms with van der Waals surface area (Å²) in [6, 6.07) is 11.8. The van der Waals surface area contributed by atoms with Crippen molar-refractivity contribution < 1.29 is 18.0 Å². The number of anilines is 1. The normalized spacial score (nSPS) is 11.8. The van der Waals surface area contributed by atoms with Crippen molar-refractivity contribution in [3.05, 3.63) is 76.2 Å². The van der Waals surface area contributed by atoms with Gasteiger partial charge in [-0.25, -0.2) is 4.98 Å². The number of rotatable bonds is 6. The molecule has 0 unspecified atom stereocenters. The van der Waals surface area contributed by atoms with Crippen LogP contribution < -0.4 is 10.9 Å². The molecule has 0 radical (unpaired) electrons. The average molecular weight is 488 g/mol. The highest BCUT2D eigenvalue weighted by molar-refractivity contribution is 7.99. The van der Waals surface area contributed by atoms with Gasteiger partial charge in [-0.15, -0.1) is 0 Å². The molecule has 2 N–H and O–H groups in total. The lowest BCUT2D eigenvalue weighted by Gasteiger charge is -2.14. The van der Waals surface area contributed by atoms with Crippen molar-refractivity contribution in [3.63, 3.8) is 0 Å². The largest absolute Gasteiger partial charge is 0.416 e. The third kappa shape index (κ3) is 4.98. The van der Waals surface area contributed by atoms with Crippen LogP contribution in [0.3, 0.4) is 0 Å². The number of H-pyrrole nitrogens is 1. The molecule has 0 bridgehead atoms. The maximum Gasteiger partial charge on any atom is 0.416 e. The van der Waals surface area contributed by atoms with Gasteiger partial charge in [-0.1, -0.05) is 43.8 Å². The molecule has 4 rings (SSSR count). The fraction of sp³-hybridized carbons (Fsp3) is 0.217. The number of aromatic nitrogens is 4. The van der Waals surface area contributed by atoms with Crippen LogP contribution in [0.2, 0.25) is 0 Å². The summed E-state index contributed by atoms with van der Waals surface area (Å²) < 4.78 is 40.8. The van der Waals surface area contributed by atoms with E-state index in [4.69, 9.17) is 0 Å². The van der Waals surface area contributed by atoms with Gasteiger partial charge in [0.15, 0.2) is 10.8 Å². The van der Waals surface area contributed by atoms with Crippen molar-refractivity contribution in [2.45, 2.75) is 31.1 Å². The Bertz CT molecular complexity index is 1390. The summed E-state index contributed by atoms with van der Waals surface area (Å²) in [6.45, 7) is 4.13. The number of hydrogen-bond donors (Lipinski definition) is 2. The molecule has 2 heterocycles. The predicted octanol–water partition coefficient (Wildman–Crippen LogP) is 4.98. The first kappa shape index (κ1) is 23.6. The quantitative estimate of drug-likeness (QED) is 0.296. The summed E-state index contributed by atoms with van der Waals surface area (Å²) >= 11 is 0.934. The molecule has 0 spiro atoms. The molecule has 0 aliphatic heterocycles. The first-order valence-electron chi connectivity index (χ1n) is 10.3. The van der Waals surface area contributed by atoms with Crippen molar-refractivity contribution >= 4 is 34.4 Å². The van der Waals surface area contributed by atoms with Crippen LogP contribution in [0.4, 0.5) is 18.9 Å². The second-order valence-corrected chi connectivity index (χ2v) is 8.77. The first-order valence-corrected chi connectivity index (χ1v) is 11.3. The minimum absolute atomic E-state index is 0.0115. The summed E-state index contributed by atoms with van der Waals surface area (Å²) in [6.07, 6.45) is -3.32. The maximum absolute atomic E-state index is 13.2. The number of nitrogens with one attached hydrogen (secondary N) is 2. The zero-order valence-corrected chi connectivity index (χ0v) is 19.0. The van der Waals surface area contributed by atoms with Gasteiger partial charge in [-0.05, 0) is 41.8 Å². The highest BCUT2D eigenvalue weighted by Crippen LogP contribution is 2.31. The van der Waals surface area contributed by atoms with E-state index < -0.39 is 17.3 Å². The molecule has 0 fully saturated rings. The van der Waals surface area contributed by atoms with Crippen molar-refractivity contribution in [2.24, 2.45) is 0 Å². The van der Waals surface area contributed by atoms with Gasteiger partial charge in [0.05, 0.1) is 23.2 Å². The minimum atomic E-state index is -4.58. The zero-order chi connectivity index (χ0) is 24.5. The summed E-state index contributed by atoms with van der Waals surface area (Å²) in [4.78, 5) is 29.9. The van der Waals surface area contributed by atoms with E-state index in [0.717, 1.165) is 34.0 Å². The first-order chi connectivity index (χ1) is 16.1. The number of thioether (sulfide) groups is 1. The Hall–Kier alpha value is -3.60. The maximum atomic E-state index is 13.2. The van der Waals surface area contributed by atoms with E-state index in [1.165, 1.54) is 18.3 Å². The minimum Gasteiger partial charge on any atom is -0.325 e. The summed E-state index contributed by atoms with van der Waals surface area (Å²) in [5.74, 6) is -0.107. The zero-order valence-electron chi connectivity index (χ0n) is 18.2. The molecule has 176 valence electrons. The van der Waals surface area contributed by atoms with Gasteiger partial charge in [0.25, 0.3) is 5.56 Å². The van der Waals surface area contributed by atoms with Gasteiger partial charge < -0.3 is 5.32 Å². The van der Waals surface area contributed by atoms with Crippen LogP contribution in [-0.2, 0) is 11.0 Å². The van der Waals surface area contributed by atoms with Crippen molar-refractivity contribution in [2.75, 3.05) is 11.1 Å². The van der Waals surface area contributed by atoms with Gasteiger partial charge >= 0.3 is 6.18 Å². The Labute approximate surface area is 196 Å². The highest BCUT2D eigenvalue weighted by atomic mass is 32.2. The number of hydrogen-bond acceptors (Lipinski definition) is 5. The molecule has 0 aliphatic carbocycles.